The predicted octanol–water partition coefficient (Wildman–Crippen LogP) is 11.4. The van der Waals surface area contributed by atoms with Gasteiger partial charge in [0, 0.05) is 38.3 Å². The van der Waals surface area contributed by atoms with Gasteiger partial charge in [-0.3, -0.25) is 0 Å². The Hall–Kier alpha value is -5.08. The summed E-state index contributed by atoms with van der Waals surface area (Å²) in [4.78, 5) is 0. The average molecular weight is 583 g/mol. The Morgan fingerprint density at radius 1 is 0.356 bits per heavy atom. The van der Waals surface area contributed by atoms with Gasteiger partial charge in [-0.2, -0.15) is 0 Å². The molecule has 0 bridgehead atoms. The Morgan fingerprint density at radius 2 is 0.756 bits per heavy atom. The van der Waals surface area contributed by atoms with E-state index in [2.05, 4.69) is 172 Å². The third-order valence-electron chi connectivity index (χ3n) is 9.87. The maximum atomic E-state index is 2.44. The summed E-state index contributed by atoms with van der Waals surface area (Å²) >= 11 is 0. The first-order valence-electron chi connectivity index (χ1n) is 15.9. The highest BCUT2D eigenvalue weighted by atomic mass is 15.0. The van der Waals surface area contributed by atoms with Gasteiger partial charge in [-0.05, 0) is 106 Å². The van der Waals surface area contributed by atoms with Crippen LogP contribution in [0.25, 0.3) is 55.0 Å². The molecule has 0 spiro atoms. The number of hydrogen-bond donors (Lipinski definition) is 0. The molecular formula is C43H38N2. The van der Waals surface area contributed by atoms with Crippen molar-refractivity contribution < 1.29 is 0 Å². The lowest BCUT2D eigenvalue weighted by Crippen LogP contribution is -2.19. The van der Waals surface area contributed by atoms with Gasteiger partial charge in [0.25, 0.3) is 0 Å². The molecule has 0 saturated heterocycles. The first-order valence-corrected chi connectivity index (χ1v) is 15.9. The van der Waals surface area contributed by atoms with Gasteiger partial charge >= 0.3 is 0 Å². The van der Waals surface area contributed by atoms with Crippen LogP contribution in [0.5, 0.6) is 0 Å². The topological polar surface area (TPSA) is 9.86 Å². The molecule has 0 saturated carbocycles. The molecule has 0 aliphatic heterocycles. The van der Waals surface area contributed by atoms with Crippen LogP contribution in [0.15, 0.2) is 121 Å². The first kappa shape index (κ1) is 27.5. The van der Waals surface area contributed by atoms with Crippen LogP contribution in [0.2, 0.25) is 0 Å². The quantitative estimate of drug-likeness (QED) is 0.195. The maximum Gasteiger partial charge on any atom is 0.0544 e. The van der Waals surface area contributed by atoms with Gasteiger partial charge in [0.1, 0.15) is 0 Å². The maximum absolute atomic E-state index is 2.44. The highest BCUT2D eigenvalue weighted by molar-refractivity contribution is 6.11. The summed E-state index contributed by atoms with van der Waals surface area (Å²) < 4.78 is 4.85. The number of aromatic nitrogens is 2. The molecule has 2 aromatic heterocycles. The lowest BCUT2D eigenvalue weighted by atomic mass is 9.77. The number of aryl methyl sites for hydroxylation is 4. The number of hydrogen-bond acceptors (Lipinski definition) is 0. The fourth-order valence-corrected chi connectivity index (χ4v) is 7.16. The van der Waals surface area contributed by atoms with Crippen molar-refractivity contribution in [2.24, 2.45) is 0 Å². The van der Waals surface area contributed by atoms with Gasteiger partial charge < -0.3 is 9.13 Å². The van der Waals surface area contributed by atoms with Crippen LogP contribution in [-0.2, 0) is 5.41 Å². The van der Waals surface area contributed by atoms with Crippen LogP contribution in [-0.4, -0.2) is 9.13 Å². The highest BCUT2D eigenvalue weighted by Gasteiger charge is 2.26. The van der Waals surface area contributed by atoms with E-state index in [-0.39, 0.29) is 5.41 Å². The Labute approximate surface area is 265 Å². The fraction of sp³-hybridized carbons (Fsp3) is 0.163. The third kappa shape index (κ3) is 4.31. The molecule has 0 amide bonds. The zero-order chi connectivity index (χ0) is 31.0. The van der Waals surface area contributed by atoms with Crippen LogP contribution in [0.1, 0.15) is 47.2 Å². The summed E-state index contributed by atoms with van der Waals surface area (Å²) in [5, 5.41) is 5.19. The molecule has 2 heteroatoms. The van der Waals surface area contributed by atoms with E-state index in [1.54, 1.807) is 0 Å². The summed E-state index contributed by atoms with van der Waals surface area (Å²) in [6.45, 7) is 13.4. The van der Waals surface area contributed by atoms with Crippen molar-refractivity contribution in [3.8, 4) is 11.4 Å². The summed E-state index contributed by atoms with van der Waals surface area (Å²) in [7, 11) is 0. The molecule has 220 valence electrons. The molecule has 45 heavy (non-hydrogen) atoms. The fourth-order valence-electron chi connectivity index (χ4n) is 7.16. The molecule has 0 aliphatic carbocycles. The largest absolute Gasteiger partial charge is 0.309 e. The molecule has 2 nitrogen and oxygen atoms in total. The summed E-state index contributed by atoms with van der Waals surface area (Å²) in [6, 6.07) is 45.6. The standard InChI is InChI=1S/C43H38N2/c1-27-7-15-33(16-8-27)44-40-21-12-30(4)24-37(40)38-25-31(14-22-41(38)44)43(5,6)32-13-19-35-36-23-29(3)11-20-39(36)45(42(35)26-32)34-17-9-28(2)10-18-34/h7-26H,1-6H3. The summed E-state index contributed by atoms with van der Waals surface area (Å²) in [6.07, 6.45) is 0. The Bertz CT molecular complexity index is 2410. The van der Waals surface area contributed by atoms with E-state index >= 15 is 0 Å². The molecule has 8 aromatic rings. The molecule has 0 aliphatic rings. The van der Waals surface area contributed by atoms with E-state index < -0.39 is 0 Å². The number of rotatable bonds is 4. The second-order valence-corrected chi connectivity index (χ2v) is 13.5. The van der Waals surface area contributed by atoms with E-state index in [0.717, 1.165) is 0 Å². The Kier molecular flexibility index (Phi) is 6.09. The minimum atomic E-state index is -0.213. The van der Waals surface area contributed by atoms with E-state index in [9.17, 15) is 0 Å². The Balaban J connectivity index is 1.33. The van der Waals surface area contributed by atoms with Crippen molar-refractivity contribution in [2.75, 3.05) is 0 Å². The molecule has 0 atom stereocenters. The monoisotopic (exact) mass is 582 g/mol. The lowest BCUT2D eigenvalue weighted by Gasteiger charge is -2.27. The van der Waals surface area contributed by atoms with Gasteiger partial charge in [0.05, 0.1) is 22.1 Å². The molecule has 0 fully saturated rings. The van der Waals surface area contributed by atoms with Crippen LogP contribution in [0, 0.1) is 27.7 Å². The van der Waals surface area contributed by atoms with Crippen molar-refractivity contribution in [3.63, 3.8) is 0 Å². The second-order valence-electron chi connectivity index (χ2n) is 13.5. The lowest BCUT2D eigenvalue weighted by molar-refractivity contribution is 0.642. The zero-order valence-corrected chi connectivity index (χ0v) is 26.9. The smallest absolute Gasteiger partial charge is 0.0544 e. The van der Waals surface area contributed by atoms with Crippen molar-refractivity contribution >= 4 is 43.6 Å². The zero-order valence-electron chi connectivity index (χ0n) is 26.9. The second kappa shape index (κ2) is 9.97. The average Bonchev–Trinajstić information content (AvgIpc) is 3.53. The number of fused-ring (bicyclic) bond motifs is 6. The van der Waals surface area contributed by atoms with Crippen LogP contribution in [0.4, 0.5) is 0 Å². The van der Waals surface area contributed by atoms with Gasteiger partial charge in [0.2, 0.25) is 0 Å². The van der Waals surface area contributed by atoms with Crippen molar-refractivity contribution in [1.82, 2.24) is 9.13 Å². The van der Waals surface area contributed by atoms with E-state index in [1.165, 1.54) is 88.4 Å². The summed E-state index contributed by atoms with van der Waals surface area (Å²) in [5.74, 6) is 0. The SMILES string of the molecule is Cc1ccc(-n2c3ccc(C)cc3c3cc(C(C)(C)c4ccc5c6cc(C)ccc6n(-c6ccc(C)cc6)c5c4)ccc32)cc1. The minimum Gasteiger partial charge on any atom is -0.309 e. The van der Waals surface area contributed by atoms with Gasteiger partial charge in [0.15, 0.2) is 0 Å². The number of benzene rings is 6. The molecule has 0 N–H and O–H groups in total. The first-order chi connectivity index (χ1) is 21.7. The van der Waals surface area contributed by atoms with E-state index in [1.807, 2.05) is 0 Å². The van der Waals surface area contributed by atoms with E-state index in [0.29, 0.717) is 0 Å². The predicted molar refractivity (Wildman–Crippen MR) is 193 cm³/mol. The normalized spacial score (nSPS) is 12.2. The molecular weight excluding hydrogens is 544 g/mol. The third-order valence-corrected chi connectivity index (χ3v) is 9.87. The summed E-state index contributed by atoms with van der Waals surface area (Å²) in [5.41, 5.74) is 14.9. The van der Waals surface area contributed by atoms with Crippen LogP contribution >= 0.6 is 0 Å². The van der Waals surface area contributed by atoms with Gasteiger partial charge in [-0.15, -0.1) is 0 Å². The molecule has 2 heterocycles. The van der Waals surface area contributed by atoms with Crippen molar-refractivity contribution in [2.45, 2.75) is 47.0 Å². The molecule has 0 radical (unpaired) electrons. The van der Waals surface area contributed by atoms with Crippen molar-refractivity contribution in [1.29, 1.82) is 0 Å². The van der Waals surface area contributed by atoms with Crippen molar-refractivity contribution in [3.05, 3.63) is 155 Å². The molecule has 6 aromatic carbocycles. The van der Waals surface area contributed by atoms with Gasteiger partial charge in [-0.25, -0.2) is 0 Å². The van der Waals surface area contributed by atoms with Gasteiger partial charge in [-0.1, -0.05) is 90.7 Å². The van der Waals surface area contributed by atoms with Crippen LogP contribution in [0.3, 0.4) is 0 Å². The van der Waals surface area contributed by atoms with E-state index in [4.69, 9.17) is 0 Å². The number of nitrogens with zero attached hydrogens (tertiary/aromatic N) is 2. The molecule has 8 rings (SSSR count). The van der Waals surface area contributed by atoms with Crippen LogP contribution < -0.4 is 0 Å². The Morgan fingerprint density at radius 3 is 1.31 bits per heavy atom. The highest BCUT2D eigenvalue weighted by Crippen LogP contribution is 2.41. The minimum absolute atomic E-state index is 0.213. The molecule has 0 unspecified atom stereocenters.